The van der Waals surface area contributed by atoms with E-state index in [2.05, 4.69) is 17.2 Å². The molecule has 0 radical (unpaired) electrons. The van der Waals surface area contributed by atoms with Crippen LogP contribution >= 0.6 is 0 Å². The van der Waals surface area contributed by atoms with Crippen molar-refractivity contribution in [3.63, 3.8) is 0 Å². The third kappa shape index (κ3) is 4.31. The molecule has 0 saturated carbocycles. The second-order valence-electron chi connectivity index (χ2n) is 3.34. The zero-order valence-electron chi connectivity index (χ0n) is 8.86. The summed E-state index contributed by atoms with van der Waals surface area (Å²) in [5, 5.41) is 5.50. The molecule has 2 N–H and O–H groups in total. The first kappa shape index (κ1) is 11.3. The van der Waals surface area contributed by atoms with Gasteiger partial charge < -0.3 is 10.6 Å². The summed E-state index contributed by atoms with van der Waals surface area (Å²) >= 11 is 0. The van der Waals surface area contributed by atoms with Gasteiger partial charge in [-0.2, -0.15) is 0 Å². The Balaban J connectivity index is 2.31. The lowest BCUT2D eigenvalue weighted by Gasteiger charge is -2.10. The molecular weight excluding hydrogens is 188 g/mol. The van der Waals surface area contributed by atoms with Crippen LogP contribution in [0.15, 0.2) is 43.0 Å². The van der Waals surface area contributed by atoms with E-state index < -0.39 is 0 Å². The molecule has 0 saturated heterocycles. The first-order valence-corrected chi connectivity index (χ1v) is 4.93. The summed E-state index contributed by atoms with van der Waals surface area (Å²) in [6, 6.07) is 9.59. The van der Waals surface area contributed by atoms with Gasteiger partial charge in [0.2, 0.25) is 0 Å². The summed E-state index contributed by atoms with van der Waals surface area (Å²) in [7, 11) is 0. The molecule has 0 aromatic heterocycles. The van der Waals surface area contributed by atoms with Crippen LogP contribution in [0.5, 0.6) is 0 Å². The van der Waals surface area contributed by atoms with Crippen LogP contribution in [0.1, 0.15) is 12.5 Å². The molecule has 1 atom stereocenters. The Labute approximate surface area is 90.2 Å². The minimum Gasteiger partial charge on any atom is -0.334 e. The molecular formula is C12H16N2O. The number of nitrogens with one attached hydrogen (secondary N) is 2. The molecule has 0 bridgehead atoms. The summed E-state index contributed by atoms with van der Waals surface area (Å²) in [6.45, 7) is 6.00. The number of carbonyl (C=O) groups excluding carboxylic acids is 1. The smallest absolute Gasteiger partial charge is 0.315 e. The van der Waals surface area contributed by atoms with Crippen LogP contribution in [0.3, 0.4) is 0 Å². The lowest BCUT2D eigenvalue weighted by Crippen LogP contribution is -2.39. The van der Waals surface area contributed by atoms with Gasteiger partial charge in [-0.1, -0.05) is 36.4 Å². The van der Waals surface area contributed by atoms with Gasteiger partial charge in [-0.05, 0) is 12.5 Å². The maximum absolute atomic E-state index is 11.3. The first-order chi connectivity index (χ1) is 7.22. The highest BCUT2D eigenvalue weighted by Crippen LogP contribution is 1.96. The summed E-state index contributed by atoms with van der Waals surface area (Å²) < 4.78 is 0. The largest absolute Gasteiger partial charge is 0.334 e. The molecule has 0 aliphatic rings. The van der Waals surface area contributed by atoms with Crippen LogP contribution < -0.4 is 10.6 Å². The average Bonchev–Trinajstić information content (AvgIpc) is 2.27. The van der Waals surface area contributed by atoms with Gasteiger partial charge in [0, 0.05) is 12.6 Å². The Bertz CT molecular complexity index is 322. The molecule has 1 unspecified atom stereocenters. The van der Waals surface area contributed by atoms with Gasteiger partial charge in [0.15, 0.2) is 0 Å². The Morgan fingerprint density at radius 3 is 2.73 bits per heavy atom. The molecule has 80 valence electrons. The molecule has 3 nitrogen and oxygen atoms in total. The monoisotopic (exact) mass is 204 g/mol. The highest BCUT2D eigenvalue weighted by Gasteiger charge is 2.02. The number of carbonyl (C=O) groups is 1. The summed E-state index contributed by atoms with van der Waals surface area (Å²) in [6.07, 6.45) is 1.68. The van der Waals surface area contributed by atoms with Crippen LogP contribution in [-0.2, 0) is 6.54 Å². The Morgan fingerprint density at radius 1 is 1.47 bits per heavy atom. The maximum Gasteiger partial charge on any atom is 0.315 e. The second-order valence-corrected chi connectivity index (χ2v) is 3.34. The van der Waals surface area contributed by atoms with E-state index in [1.54, 1.807) is 6.08 Å². The fraction of sp³-hybridized carbons (Fsp3) is 0.250. The van der Waals surface area contributed by atoms with Crippen molar-refractivity contribution < 1.29 is 4.79 Å². The van der Waals surface area contributed by atoms with Crippen molar-refractivity contribution in [1.29, 1.82) is 0 Å². The lowest BCUT2D eigenvalue weighted by molar-refractivity contribution is 0.239. The summed E-state index contributed by atoms with van der Waals surface area (Å²) in [5.74, 6) is 0. The molecule has 0 aliphatic carbocycles. The van der Waals surface area contributed by atoms with Crippen LogP contribution in [0, 0.1) is 0 Å². The second kappa shape index (κ2) is 5.86. The molecule has 0 heterocycles. The van der Waals surface area contributed by atoms with Gasteiger partial charge in [-0.3, -0.25) is 0 Å². The number of hydrogen-bond acceptors (Lipinski definition) is 1. The van der Waals surface area contributed by atoms with E-state index in [1.165, 1.54) is 0 Å². The highest BCUT2D eigenvalue weighted by molar-refractivity contribution is 5.74. The molecule has 1 rings (SSSR count). The van der Waals surface area contributed by atoms with Crippen molar-refractivity contribution in [3.05, 3.63) is 48.6 Å². The number of urea groups is 1. The molecule has 1 aromatic carbocycles. The van der Waals surface area contributed by atoms with Crippen LogP contribution in [-0.4, -0.2) is 12.1 Å². The van der Waals surface area contributed by atoms with E-state index in [0.29, 0.717) is 6.54 Å². The van der Waals surface area contributed by atoms with Gasteiger partial charge in [0.05, 0.1) is 0 Å². The predicted molar refractivity (Wildman–Crippen MR) is 61.5 cm³/mol. The van der Waals surface area contributed by atoms with E-state index in [4.69, 9.17) is 0 Å². The summed E-state index contributed by atoms with van der Waals surface area (Å²) in [4.78, 5) is 11.3. The minimum atomic E-state index is -0.175. The Morgan fingerprint density at radius 2 is 2.13 bits per heavy atom. The SMILES string of the molecule is C=CC(C)NC(=O)NCc1ccccc1. The highest BCUT2D eigenvalue weighted by atomic mass is 16.2. The number of hydrogen-bond donors (Lipinski definition) is 2. The molecule has 1 aromatic rings. The summed E-state index contributed by atoms with van der Waals surface area (Å²) in [5.41, 5.74) is 1.08. The van der Waals surface area contributed by atoms with Crippen molar-refractivity contribution in [3.8, 4) is 0 Å². The molecule has 3 heteroatoms. The van der Waals surface area contributed by atoms with Crippen molar-refractivity contribution in [2.45, 2.75) is 19.5 Å². The fourth-order valence-electron chi connectivity index (χ4n) is 1.09. The van der Waals surface area contributed by atoms with E-state index in [0.717, 1.165) is 5.56 Å². The average molecular weight is 204 g/mol. The third-order valence-electron chi connectivity index (χ3n) is 2.01. The van der Waals surface area contributed by atoms with E-state index in [1.807, 2.05) is 37.3 Å². The Hall–Kier alpha value is -1.77. The van der Waals surface area contributed by atoms with Gasteiger partial charge in [0.25, 0.3) is 0 Å². The fourth-order valence-corrected chi connectivity index (χ4v) is 1.09. The third-order valence-corrected chi connectivity index (χ3v) is 2.01. The molecule has 15 heavy (non-hydrogen) atoms. The van der Waals surface area contributed by atoms with Crippen LogP contribution in [0.4, 0.5) is 4.79 Å². The van der Waals surface area contributed by atoms with E-state index >= 15 is 0 Å². The zero-order valence-corrected chi connectivity index (χ0v) is 8.86. The van der Waals surface area contributed by atoms with Gasteiger partial charge in [-0.15, -0.1) is 6.58 Å². The molecule has 0 spiro atoms. The standard InChI is InChI=1S/C12H16N2O/c1-3-10(2)14-12(15)13-9-11-7-5-4-6-8-11/h3-8,10H,1,9H2,2H3,(H2,13,14,15). The predicted octanol–water partition coefficient (Wildman–Crippen LogP) is 2.06. The number of amides is 2. The topological polar surface area (TPSA) is 41.1 Å². The van der Waals surface area contributed by atoms with Crippen LogP contribution in [0.2, 0.25) is 0 Å². The van der Waals surface area contributed by atoms with Gasteiger partial charge in [0.1, 0.15) is 0 Å². The lowest BCUT2D eigenvalue weighted by atomic mass is 10.2. The normalized spacial score (nSPS) is 11.5. The quantitative estimate of drug-likeness (QED) is 0.724. The molecule has 2 amide bonds. The van der Waals surface area contributed by atoms with Crippen molar-refractivity contribution in [1.82, 2.24) is 10.6 Å². The molecule has 0 fully saturated rings. The van der Waals surface area contributed by atoms with Crippen molar-refractivity contribution >= 4 is 6.03 Å². The van der Waals surface area contributed by atoms with E-state index in [-0.39, 0.29) is 12.1 Å². The van der Waals surface area contributed by atoms with Crippen LogP contribution in [0.25, 0.3) is 0 Å². The van der Waals surface area contributed by atoms with E-state index in [9.17, 15) is 4.79 Å². The van der Waals surface area contributed by atoms with Crippen molar-refractivity contribution in [2.24, 2.45) is 0 Å². The number of benzene rings is 1. The molecule has 0 aliphatic heterocycles. The maximum atomic E-state index is 11.3. The van der Waals surface area contributed by atoms with Crippen molar-refractivity contribution in [2.75, 3.05) is 0 Å². The zero-order chi connectivity index (χ0) is 11.1. The Kier molecular flexibility index (Phi) is 4.41. The van der Waals surface area contributed by atoms with Gasteiger partial charge in [-0.25, -0.2) is 4.79 Å². The number of rotatable bonds is 4. The van der Waals surface area contributed by atoms with Gasteiger partial charge >= 0.3 is 6.03 Å². The first-order valence-electron chi connectivity index (χ1n) is 4.93. The minimum absolute atomic E-state index is 0.0132.